The van der Waals surface area contributed by atoms with Gasteiger partial charge in [-0.15, -0.1) is 0 Å². The van der Waals surface area contributed by atoms with Crippen LogP contribution in [0.25, 0.3) is 0 Å². The van der Waals surface area contributed by atoms with Crippen molar-refractivity contribution < 1.29 is 22.8 Å². The molecule has 0 aliphatic carbocycles. The lowest BCUT2D eigenvalue weighted by molar-refractivity contribution is 0.0857. The lowest BCUT2D eigenvalue weighted by Crippen LogP contribution is -2.33. The van der Waals surface area contributed by atoms with Crippen LogP contribution in [0.15, 0.2) is 36.4 Å². The van der Waals surface area contributed by atoms with Gasteiger partial charge in [-0.2, -0.15) is 0 Å². The number of ketones is 1. The molecular weight excluding hydrogens is 371 g/mol. The molecule has 0 unspecified atom stereocenters. The van der Waals surface area contributed by atoms with Crippen LogP contribution in [0.4, 0.5) is 29.3 Å². The predicted molar refractivity (Wildman–Crippen MR) is 100.0 cm³/mol. The van der Waals surface area contributed by atoms with Gasteiger partial charge in [0.15, 0.2) is 23.2 Å². The number of hydrogen-bond acceptors (Lipinski definition) is 3. The molecule has 2 aromatic rings. The molecule has 28 heavy (non-hydrogen) atoms. The van der Waals surface area contributed by atoms with Crippen LogP contribution in [0.1, 0.15) is 23.2 Å². The molecular formula is C20H20F3N3O2. The molecule has 5 nitrogen and oxygen atoms in total. The van der Waals surface area contributed by atoms with E-state index in [4.69, 9.17) is 0 Å². The molecule has 2 N–H and O–H groups in total. The fourth-order valence-corrected chi connectivity index (χ4v) is 3.18. The summed E-state index contributed by atoms with van der Waals surface area (Å²) in [5, 5.41) is 4.73. The van der Waals surface area contributed by atoms with Crippen LogP contribution in [-0.4, -0.2) is 36.9 Å². The van der Waals surface area contributed by atoms with Gasteiger partial charge in [0.1, 0.15) is 0 Å². The Morgan fingerprint density at radius 2 is 1.57 bits per heavy atom. The van der Waals surface area contributed by atoms with Gasteiger partial charge >= 0.3 is 6.03 Å². The maximum Gasteiger partial charge on any atom is 0.323 e. The largest absolute Gasteiger partial charge is 0.323 e. The van der Waals surface area contributed by atoms with Crippen LogP contribution in [0.3, 0.4) is 0 Å². The number of anilines is 2. The third kappa shape index (κ3) is 4.69. The molecule has 1 fully saturated rings. The zero-order valence-corrected chi connectivity index (χ0v) is 15.3. The first-order valence-corrected chi connectivity index (χ1v) is 8.89. The normalized spacial score (nSPS) is 15.3. The van der Waals surface area contributed by atoms with Crippen molar-refractivity contribution in [1.29, 1.82) is 0 Å². The monoisotopic (exact) mass is 391 g/mol. The van der Waals surface area contributed by atoms with Gasteiger partial charge in [-0.1, -0.05) is 12.1 Å². The van der Waals surface area contributed by atoms with Crippen LogP contribution < -0.4 is 10.6 Å². The highest BCUT2D eigenvalue weighted by molar-refractivity contribution is 6.02. The minimum atomic E-state index is -1.61. The van der Waals surface area contributed by atoms with Gasteiger partial charge in [0.2, 0.25) is 0 Å². The number of urea groups is 1. The molecule has 0 saturated carbocycles. The fourth-order valence-electron chi connectivity index (χ4n) is 3.18. The molecule has 0 radical (unpaired) electrons. The van der Waals surface area contributed by atoms with E-state index >= 15 is 0 Å². The van der Waals surface area contributed by atoms with Gasteiger partial charge in [0, 0.05) is 35.0 Å². The lowest BCUT2D eigenvalue weighted by atomic mass is 9.89. The Kier molecular flexibility index (Phi) is 5.99. The molecule has 1 heterocycles. The number of carbonyl (C=O) groups is 2. The second kappa shape index (κ2) is 8.43. The summed E-state index contributed by atoms with van der Waals surface area (Å²) in [7, 11) is 2.02. The van der Waals surface area contributed by atoms with E-state index in [1.165, 1.54) is 0 Å². The maximum atomic E-state index is 13.2. The Morgan fingerprint density at radius 1 is 0.964 bits per heavy atom. The Morgan fingerprint density at radius 3 is 2.21 bits per heavy atom. The number of amides is 2. The average molecular weight is 391 g/mol. The molecule has 8 heteroatoms. The Balaban J connectivity index is 1.65. The van der Waals surface area contributed by atoms with Gasteiger partial charge in [0.25, 0.3) is 0 Å². The van der Waals surface area contributed by atoms with Crippen LogP contribution in [0.2, 0.25) is 0 Å². The number of halogens is 3. The molecule has 1 aliphatic heterocycles. The minimum absolute atomic E-state index is 0.0276. The van der Waals surface area contributed by atoms with Gasteiger partial charge in [-0.3, -0.25) is 4.79 Å². The summed E-state index contributed by atoms with van der Waals surface area (Å²) in [6, 6.07) is 7.08. The van der Waals surface area contributed by atoms with E-state index in [-0.39, 0.29) is 17.4 Å². The SMILES string of the molecule is CN1CCC(C(=O)c2cccc(NC(=O)Nc3cc(F)c(F)c(F)c3)c2)CC1. The molecule has 3 rings (SSSR count). The van der Waals surface area contributed by atoms with E-state index in [2.05, 4.69) is 15.5 Å². The zero-order chi connectivity index (χ0) is 20.3. The van der Waals surface area contributed by atoms with E-state index in [1.807, 2.05) is 7.05 Å². The Labute approximate surface area is 160 Å². The molecule has 2 amide bonds. The quantitative estimate of drug-likeness (QED) is 0.604. The third-order valence-electron chi connectivity index (χ3n) is 4.74. The van der Waals surface area contributed by atoms with Crippen molar-refractivity contribution in [1.82, 2.24) is 4.90 Å². The van der Waals surface area contributed by atoms with Crippen LogP contribution in [-0.2, 0) is 0 Å². The van der Waals surface area contributed by atoms with Crippen LogP contribution in [0, 0.1) is 23.4 Å². The van der Waals surface area contributed by atoms with E-state index in [9.17, 15) is 22.8 Å². The number of likely N-dealkylation sites (tertiary alicyclic amines) is 1. The maximum absolute atomic E-state index is 13.2. The number of Topliss-reactive ketones (excluding diaryl/α,β-unsaturated/α-hetero) is 1. The van der Waals surface area contributed by atoms with E-state index < -0.39 is 23.5 Å². The number of piperidine rings is 1. The lowest BCUT2D eigenvalue weighted by Gasteiger charge is -2.28. The first kappa shape index (κ1) is 19.9. The van der Waals surface area contributed by atoms with E-state index in [0.717, 1.165) is 25.9 Å². The number of nitrogens with one attached hydrogen (secondary N) is 2. The highest BCUT2D eigenvalue weighted by Gasteiger charge is 2.24. The van der Waals surface area contributed by atoms with Crippen LogP contribution in [0.5, 0.6) is 0 Å². The second-order valence-electron chi connectivity index (χ2n) is 6.86. The van der Waals surface area contributed by atoms with Gasteiger partial charge in [-0.25, -0.2) is 18.0 Å². The molecule has 0 bridgehead atoms. The van der Waals surface area contributed by atoms with Crippen molar-refractivity contribution in [3.05, 3.63) is 59.4 Å². The summed E-state index contributed by atoms with van der Waals surface area (Å²) in [6.07, 6.45) is 1.57. The minimum Gasteiger partial charge on any atom is -0.308 e. The van der Waals surface area contributed by atoms with Crippen molar-refractivity contribution in [3.63, 3.8) is 0 Å². The molecule has 0 spiro atoms. The molecule has 2 aromatic carbocycles. The number of benzene rings is 2. The zero-order valence-electron chi connectivity index (χ0n) is 15.3. The summed E-state index contributed by atoms with van der Waals surface area (Å²) < 4.78 is 39.4. The Bertz CT molecular complexity index is 873. The number of carbonyl (C=O) groups excluding carboxylic acids is 2. The van der Waals surface area contributed by atoms with Gasteiger partial charge in [-0.05, 0) is 45.1 Å². The summed E-state index contributed by atoms with van der Waals surface area (Å²) in [4.78, 5) is 26.9. The third-order valence-corrected chi connectivity index (χ3v) is 4.74. The highest BCUT2D eigenvalue weighted by Crippen LogP contribution is 2.23. The molecule has 148 valence electrons. The molecule has 0 aromatic heterocycles. The first-order chi connectivity index (χ1) is 13.3. The van der Waals surface area contributed by atoms with Crippen molar-refractivity contribution in [3.8, 4) is 0 Å². The molecule has 1 aliphatic rings. The van der Waals surface area contributed by atoms with Crippen molar-refractivity contribution >= 4 is 23.2 Å². The van der Waals surface area contributed by atoms with Crippen molar-refractivity contribution in [2.45, 2.75) is 12.8 Å². The standard InChI is InChI=1S/C20H20F3N3O2/c1-26-7-5-12(6-8-26)19(27)13-3-2-4-14(9-13)24-20(28)25-15-10-16(21)18(23)17(22)11-15/h2-4,9-12H,5-8H2,1H3,(H2,24,25,28). The summed E-state index contributed by atoms with van der Waals surface area (Å²) >= 11 is 0. The van der Waals surface area contributed by atoms with E-state index in [1.54, 1.807) is 24.3 Å². The van der Waals surface area contributed by atoms with Gasteiger partial charge < -0.3 is 15.5 Å². The van der Waals surface area contributed by atoms with E-state index in [0.29, 0.717) is 23.4 Å². The summed E-state index contributed by atoms with van der Waals surface area (Å²) in [5.74, 6) is -4.43. The van der Waals surface area contributed by atoms with Gasteiger partial charge in [0.05, 0.1) is 0 Å². The fraction of sp³-hybridized carbons (Fsp3) is 0.300. The second-order valence-corrected chi connectivity index (χ2v) is 6.86. The smallest absolute Gasteiger partial charge is 0.308 e. The molecule has 1 saturated heterocycles. The number of nitrogens with zero attached hydrogens (tertiary/aromatic N) is 1. The summed E-state index contributed by atoms with van der Waals surface area (Å²) in [5.41, 5.74) is 0.623. The van der Waals surface area contributed by atoms with Crippen molar-refractivity contribution in [2.24, 2.45) is 5.92 Å². The Hall–Kier alpha value is -2.87. The molecule has 0 atom stereocenters. The predicted octanol–water partition coefficient (Wildman–Crippen LogP) is 4.27. The first-order valence-electron chi connectivity index (χ1n) is 8.89. The summed E-state index contributed by atoms with van der Waals surface area (Å²) in [6.45, 7) is 1.73. The topological polar surface area (TPSA) is 61.4 Å². The highest BCUT2D eigenvalue weighted by atomic mass is 19.2. The van der Waals surface area contributed by atoms with Crippen LogP contribution >= 0.6 is 0 Å². The van der Waals surface area contributed by atoms with Crippen molar-refractivity contribution in [2.75, 3.05) is 30.8 Å². The number of hydrogen-bond donors (Lipinski definition) is 2. The number of rotatable bonds is 4. The average Bonchev–Trinajstić information content (AvgIpc) is 2.66.